The lowest BCUT2D eigenvalue weighted by atomic mass is 10.2. The van der Waals surface area contributed by atoms with E-state index in [1.165, 1.54) is 6.92 Å². The monoisotopic (exact) mass is 190 g/mol. The van der Waals surface area contributed by atoms with Crippen molar-refractivity contribution in [1.29, 1.82) is 0 Å². The van der Waals surface area contributed by atoms with E-state index in [9.17, 15) is 4.79 Å². The molecular formula is C11H10O3. The second-order valence-corrected chi connectivity index (χ2v) is 3.04. The zero-order valence-electron chi connectivity index (χ0n) is 7.82. The Balaban J connectivity index is 2.29. The van der Waals surface area contributed by atoms with Crippen LogP contribution >= 0.6 is 0 Å². The average molecular weight is 190 g/mol. The van der Waals surface area contributed by atoms with Gasteiger partial charge in [-0.1, -0.05) is 18.2 Å². The van der Waals surface area contributed by atoms with Gasteiger partial charge in [-0.3, -0.25) is 4.79 Å². The highest BCUT2D eigenvalue weighted by Gasteiger charge is 2.05. The molecule has 0 saturated heterocycles. The summed E-state index contributed by atoms with van der Waals surface area (Å²) in [5, 5.41) is 0.994. The molecule has 0 bridgehead atoms. The fourth-order valence-electron chi connectivity index (χ4n) is 1.32. The van der Waals surface area contributed by atoms with Gasteiger partial charge in [0.1, 0.15) is 12.2 Å². The maximum atomic E-state index is 10.6. The molecule has 2 aromatic rings. The van der Waals surface area contributed by atoms with E-state index in [0.29, 0.717) is 0 Å². The summed E-state index contributed by atoms with van der Waals surface area (Å²) in [7, 11) is 0. The molecule has 1 heterocycles. The number of hydrogen-bond acceptors (Lipinski definition) is 3. The number of benzene rings is 1. The molecule has 0 amide bonds. The maximum Gasteiger partial charge on any atom is 0.302 e. The van der Waals surface area contributed by atoms with Crippen molar-refractivity contribution in [3.05, 3.63) is 36.1 Å². The molecule has 14 heavy (non-hydrogen) atoms. The summed E-state index contributed by atoms with van der Waals surface area (Å²) in [6.45, 7) is 1.66. The molecular weight excluding hydrogens is 180 g/mol. The summed E-state index contributed by atoms with van der Waals surface area (Å²) in [5.74, 6) is -0.282. The topological polar surface area (TPSA) is 39.4 Å². The number of ether oxygens (including phenoxy) is 1. The Labute approximate surface area is 81.3 Å². The van der Waals surface area contributed by atoms with Crippen LogP contribution in [-0.2, 0) is 16.1 Å². The van der Waals surface area contributed by atoms with Gasteiger partial charge in [-0.15, -0.1) is 0 Å². The summed E-state index contributed by atoms with van der Waals surface area (Å²) in [6, 6.07) is 7.65. The largest absolute Gasteiger partial charge is 0.464 e. The van der Waals surface area contributed by atoms with Crippen molar-refractivity contribution < 1.29 is 13.9 Å². The molecule has 0 aliphatic carbocycles. The first-order valence-electron chi connectivity index (χ1n) is 4.36. The van der Waals surface area contributed by atoms with Crippen molar-refractivity contribution in [1.82, 2.24) is 0 Å². The number of furan rings is 1. The molecule has 1 aromatic carbocycles. The summed E-state index contributed by atoms with van der Waals surface area (Å²) in [5.41, 5.74) is 1.71. The number of rotatable bonds is 2. The average Bonchev–Trinajstić information content (AvgIpc) is 2.58. The van der Waals surface area contributed by atoms with Gasteiger partial charge in [-0.25, -0.2) is 0 Å². The maximum absolute atomic E-state index is 10.6. The SMILES string of the molecule is CC(=O)OCc1coc2ccccc12. The lowest BCUT2D eigenvalue weighted by molar-refractivity contribution is -0.142. The first-order valence-corrected chi connectivity index (χ1v) is 4.36. The van der Waals surface area contributed by atoms with Gasteiger partial charge in [-0.05, 0) is 6.07 Å². The summed E-state index contributed by atoms with van der Waals surface area (Å²) in [4.78, 5) is 10.6. The van der Waals surface area contributed by atoms with Gasteiger partial charge in [0, 0.05) is 17.9 Å². The van der Waals surface area contributed by atoms with Crippen molar-refractivity contribution in [3.63, 3.8) is 0 Å². The van der Waals surface area contributed by atoms with E-state index < -0.39 is 0 Å². The van der Waals surface area contributed by atoms with Gasteiger partial charge < -0.3 is 9.15 Å². The fraction of sp³-hybridized carbons (Fsp3) is 0.182. The third-order valence-electron chi connectivity index (χ3n) is 1.99. The molecule has 3 heteroatoms. The van der Waals surface area contributed by atoms with Crippen LogP contribution in [0.3, 0.4) is 0 Å². The molecule has 0 unspecified atom stereocenters. The minimum Gasteiger partial charge on any atom is -0.464 e. The van der Waals surface area contributed by atoms with Crippen LogP contribution in [-0.4, -0.2) is 5.97 Å². The second-order valence-electron chi connectivity index (χ2n) is 3.04. The fourth-order valence-corrected chi connectivity index (χ4v) is 1.32. The quantitative estimate of drug-likeness (QED) is 0.683. The van der Waals surface area contributed by atoms with Gasteiger partial charge in [0.2, 0.25) is 0 Å². The van der Waals surface area contributed by atoms with Gasteiger partial charge >= 0.3 is 5.97 Å². The van der Waals surface area contributed by atoms with Crippen molar-refractivity contribution >= 4 is 16.9 Å². The molecule has 3 nitrogen and oxygen atoms in total. The van der Waals surface area contributed by atoms with Crippen molar-refractivity contribution in [2.45, 2.75) is 13.5 Å². The van der Waals surface area contributed by atoms with Crippen molar-refractivity contribution in [2.24, 2.45) is 0 Å². The predicted octanol–water partition coefficient (Wildman–Crippen LogP) is 2.50. The molecule has 0 aliphatic heterocycles. The van der Waals surface area contributed by atoms with Gasteiger partial charge in [-0.2, -0.15) is 0 Å². The van der Waals surface area contributed by atoms with E-state index in [-0.39, 0.29) is 12.6 Å². The van der Waals surface area contributed by atoms with Crippen LogP contribution in [0.25, 0.3) is 11.0 Å². The van der Waals surface area contributed by atoms with Crippen LogP contribution in [0, 0.1) is 0 Å². The number of esters is 1. The summed E-state index contributed by atoms with van der Waals surface area (Å²) >= 11 is 0. The second kappa shape index (κ2) is 3.54. The number of carbonyl (C=O) groups is 1. The van der Waals surface area contributed by atoms with Crippen molar-refractivity contribution in [2.75, 3.05) is 0 Å². The zero-order valence-corrected chi connectivity index (χ0v) is 7.82. The molecule has 72 valence electrons. The molecule has 0 aliphatic rings. The van der Waals surface area contributed by atoms with Crippen LogP contribution in [0.5, 0.6) is 0 Å². The summed E-state index contributed by atoms with van der Waals surface area (Å²) in [6.07, 6.45) is 1.62. The Morgan fingerprint density at radius 1 is 1.43 bits per heavy atom. The van der Waals surface area contributed by atoms with E-state index in [2.05, 4.69) is 0 Å². The Kier molecular flexibility index (Phi) is 2.23. The number of para-hydroxylation sites is 1. The summed E-state index contributed by atoms with van der Waals surface area (Å²) < 4.78 is 10.2. The highest BCUT2D eigenvalue weighted by molar-refractivity contribution is 5.80. The van der Waals surface area contributed by atoms with Crippen LogP contribution < -0.4 is 0 Å². The predicted molar refractivity (Wildman–Crippen MR) is 51.7 cm³/mol. The zero-order chi connectivity index (χ0) is 9.97. The Bertz CT molecular complexity index is 456. The molecule has 0 fully saturated rings. The molecule has 2 rings (SSSR count). The third-order valence-corrected chi connectivity index (χ3v) is 1.99. The Hall–Kier alpha value is -1.77. The van der Waals surface area contributed by atoms with E-state index in [1.54, 1.807) is 6.26 Å². The Morgan fingerprint density at radius 3 is 3.00 bits per heavy atom. The molecule has 1 aromatic heterocycles. The van der Waals surface area contributed by atoms with E-state index >= 15 is 0 Å². The number of fused-ring (bicyclic) bond motifs is 1. The first kappa shape index (κ1) is 8.81. The minimum absolute atomic E-state index is 0.270. The lowest BCUT2D eigenvalue weighted by Crippen LogP contribution is -1.97. The lowest BCUT2D eigenvalue weighted by Gasteiger charge is -1.98. The molecule has 0 saturated carbocycles. The van der Waals surface area contributed by atoms with Crippen LogP contribution in [0.15, 0.2) is 34.9 Å². The van der Waals surface area contributed by atoms with E-state index in [0.717, 1.165) is 16.5 Å². The van der Waals surface area contributed by atoms with Gasteiger partial charge in [0.15, 0.2) is 0 Å². The molecule has 0 spiro atoms. The van der Waals surface area contributed by atoms with E-state index in [1.807, 2.05) is 24.3 Å². The van der Waals surface area contributed by atoms with Crippen LogP contribution in [0.2, 0.25) is 0 Å². The van der Waals surface area contributed by atoms with Crippen LogP contribution in [0.1, 0.15) is 12.5 Å². The van der Waals surface area contributed by atoms with Crippen molar-refractivity contribution in [3.8, 4) is 0 Å². The smallest absolute Gasteiger partial charge is 0.302 e. The number of hydrogen-bond donors (Lipinski definition) is 0. The molecule has 0 N–H and O–H groups in total. The van der Waals surface area contributed by atoms with Gasteiger partial charge in [0.05, 0.1) is 6.26 Å². The first-order chi connectivity index (χ1) is 6.77. The molecule has 0 atom stereocenters. The van der Waals surface area contributed by atoms with E-state index in [4.69, 9.17) is 9.15 Å². The highest BCUT2D eigenvalue weighted by atomic mass is 16.5. The highest BCUT2D eigenvalue weighted by Crippen LogP contribution is 2.21. The third kappa shape index (κ3) is 1.62. The van der Waals surface area contributed by atoms with Gasteiger partial charge in [0.25, 0.3) is 0 Å². The standard InChI is InChI=1S/C11H10O3/c1-8(12)13-6-9-7-14-11-5-3-2-4-10(9)11/h2-5,7H,6H2,1H3. The Morgan fingerprint density at radius 2 is 2.21 bits per heavy atom. The van der Waals surface area contributed by atoms with Crippen LogP contribution in [0.4, 0.5) is 0 Å². The number of carbonyl (C=O) groups excluding carboxylic acids is 1. The minimum atomic E-state index is -0.282. The normalized spacial score (nSPS) is 10.4. The molecule has 0 radical (unpaired) electrons.